The van der Waals surface area contributed by atoms with Crippen molar-refractivity contribution in [3.8, 4) is 6.07 Å². The highest BCUT2D eigenvalue weighted by atomic mass is 32.2. The van der Waals surface area contributed by atoms with E-state index in [4.69, 9.17) is 10.00 Å². The summed E-state index contributed by atoms with van der Waals surface area (Å²) in [5, 5.41) is 9.99. The van der Waals surface area contributed by atoms with Crippen LogP contribution < -0.4 is 9.84 Å². The van der Waals surface area contributed by atoms with Crippen molar-refractivity contribution >= 4 is 28.6 Å². The van der Waals surface area contributed by atoms with Gasteiger partial charge in [-0.2, -0.15) is 23.3 Å². The number of alkyl halides is 3. The SMILES string of the molecule is CC1(C)C(=O)N(c2ccc(C#N)c(C(F)(F)F)c2)N[SH]1c1ccc(C(=O)OC2CC2)c(F)c1. The maximum Gasteiger partial charge on any atom is 0.417 e. The molecule has 33 heavy (non-hydrogen) atoms. The number of carbonyl (C=O) groups excluding carboxylic acids is 2. The molecule has 1 amide bonds. The standard InChI is InChI=1S/C22H19F4N3O3S/c1-21(2)20(31)29(13-4-3-12(11-27)17(9-13)22(24,25)26)28-33(21)15-7-8-16(18(23)10-15)19(30)32-14-5-6-14/h3-4,7-10,14,28,33H,5-6H2,1-2H3. The number of hydrogen-bond donors (Lipinski definition) is 2. The molecule has 1 saturated carbocycles. The highest BCUT2D eigenvalue weighted by molar-refractivity contribution is 8.17. The molecule has 1 aliphatic carbocycles. The molecule has 4 rings (SSSR count). The molecular weight excluding hydrogens is 462 g/mol. The summed E-state index contributed by atoms with van der Waals surface area (Å²) in [6, 6.07) is 8.40. The van der Waals surface area contributed by atoms with Crippen LogP contribution in [0.2, 0.25) is 0 Å². The molecule has 6 nitrogen and oxygen atoms in total. The van der Waals surface area contributed by atoms with E-state index in [0.29, 0.717) is 4.90 Å². The van der Waals surface area contributed by atoms with Gasteiger partial charge >= 0.3 is 12.1 Å². The number of nitrogens with one attached hydrogen (secondary N) is 1. The van der Waals surface area contributed by atoms with E-state index in [1.54, 1.807) is 13.8 Å². The number of halogens is 4. The van der Waals surface area contributed by atoms with E-state index in [2.05, 4.69) is 4.83 Å². The lowest BCUT2D eigenvalue weighted by atomic mass is 10.1. The summed E-state index contributed by atoms with van der Waals surface area (Å²) in [5.41, 5.74) is -2.02. The number of rotatable bonds is 4. The van der Waals surface area contributed by atoms with Crippen molar-refractivity contribution < 1.29 is 31.9 Å². The zero-order chi connectivity index (χ0) is 24.1. The van der Waals surface area contributed by atoms with Crippen molar-refractivity contribution in [3.63, 3.8) is 0 Å². The average molecular weight is 481 g/mol. The van der Waals surface area contributed by atoms with Crippen LogP contribution in [0.1, 0.15) is 48.2 Å². The second-order valence-electron chi connectivity index (χ2n) is 8.24. The Bertz CT molecular complexity index is 1190. The molecule has 2 aromatic rings. The molecule has 2 fully saturated rings. The molecule has 1 N–H and O–H groups in total. The average Bonchev–Trinajstić information content (AvgIpc) is 3.52. The Morgan fingerprint density at radius 2 is 1.94 bits per heavy atom. The number of benzene rings is 2. The molecule has 0 bridgehead atoms. The lowest BCUT2D eigenvalue weighted by Gasteiger charge is -2.27. The Hall–Kier alpha value is -3.10. The summed E-state index contributed by atoms with van der Waals surface area (Å²) in [7, 11) is 0. The van der Waals surface area contributed by atoms with Gasteiger partial charge in [-0.3, -0.25) is 4.79 Å². The number of nitriles is 1. The Morgan fingerprint density at radius 1 is 1.24 bits per heavy atom. The van der Waals surface area contributed by atoms with Crippen LogP contribution in [0.4, 0.5) is 23.2 Å². The highest BCUT2D eigenvalue weighted by Crippen LogP contribution is 2.51. The van der Waals surface area contributed by atoms with Crippen molar-refractivity contribution in [1.82, 2.24) is 4.83 Å². The monoisotopic (exact) mass is 481 g/mol. The number of thiol groups is 1. The number of anilines is 1. The van der Waals surface area contributed by atoms with Crippen LogP contribution in [0, 0.1) is 17.1 Å². The number of hydrogen-bond acceptors (Lipinski definition) is 5. The first-order chi connectivity index (χ1) is 15.4. The number of amides is 1. The highest BCUT2D eigenvalue weighted by Gasteiger charge is 2.47. The van der Waals surface area contributed by atoms with Gasteiger partial charge in [-0.25, -0.2) is 14.2 Å². The summed E-state index contributed by atoms with van der Waals surface area (Å²) in [5.74, 6) is -2.08. The van der Waals surface area contributed by atoms with E-state index >= 15 is 0 Å². The number of esters is 1. The number of hydrazine groups is 1. The van der Waals surface area contributed by atoms with E-state index < -0.39 is 50.8 Å². The van der Waals surface area contributed by atoms with Gasteiger partial charge in [-0.1, -0.05) is 0 Å². The van der Waals surface area contributed by atoms with Crippen LogP contribution >= 0.6 is 11.1 Å². The second kappa shape index (κ2) is 8.04. The molecule has 1 heterocycles. The van der Waals surface area contributed by atoms with Gasteiger partial charge in [-0.15, -0.1) is 11.1 Å². The quantitative estimate of drug-likeness (QED) is 0.378. The van der Waals surface area contributed by atoms with Gasteiger partial charge in [0, 0.05) is 4.90 Å². The smallest absolute Gasteiger partial charge is 0.417 e. The third-order valence-electron chi connectivity index (χ3n) is 5.40. The maximum absolute atomic E-state index is 14.7. The summed E-state index contributed by atoms with van der Waals surface area (Å²) in [6.07, 6.45) is -3.47. The zero-order valence-corrected chi connectivity index (χ0v) is 18.4. The predicted octanol–water partition coefficient (Wildman–Crippen LogP) is 4.64. The van der Waals surface area contributed by atoms with Crippen LogP contribution in [-0.2, 0) is 15.7 Å². The van der Waals surface area contributed by atoms with Crippen LogP contribution in [0.25, 0.3) is 0 Å². The van der Waals surface area contributed by atoms with Crippen molar-refractivity contribution in [2.75, 3.05) is 5.01 Å². The van der Waals surface area contributed by atoms with E-state index in [-0.39, 0.29) is 17.4 Å². The molecule has 1 aliphatic heterocycles. The molecule has 11 heteroatoms. The minimum atomic E-state index is -4.78. The summed E-state index contributed by atoms with van der Waals surface area (Å²) < 4.78 is 58.8. The van der Waals surface area contributed by atoms with Gasteiger partial charge in [0.1, 0.15) is 11.9 Å². The number of nitrogens with zero attached hydrogens (tertiary/aromatic N) is 2. The molecule has 2 aliphatic rings. The first-order valence-corrected chi connectivity index (χ1v) is 11.3. The normalized spacial score (nSPS) is 21.1. The van der Waals surface area contributed by atoms with Crippen molar-refractivity contribution in [2.45, 2.75) is 48.6 Å². The third kappa shape index (κ3) is 4.28. The molecule has 0 aromatic heterocycles. The van der Waals surface area contributed by atoms with E-state index in [1.165, 1.54) is 24.3 Å². The largest absolute Gasteiger partial charge is 0.459 e. The summed E-state index contributed by atoms with van der Waals surface area (Å²) in [4.78, 5) is 28.5. The second-order valence-corrected chi connectivity index (χ2v) is 10.7. The third-order valence-corrected chi connectivity index (χ3v) is 7.91. The molecular formula is C22H19F4N3O3S. The number of carbonyl (C=O) groups is 2. The van der Waals surface area contributed by atoms with Crippen LogP contribution in [0.3, 0.4) is 0 Å². The van der Waals surface area contributed by atoms with Crippen LogP contribution in [0.5, 0.6) is 0 Å². The molecule has 1 saturated heterocycles. The number of ether oxygens (including phenoxy) is 1. The molecule has 2 aromatic carbocycles. The van der Waals surface area contributed by atoms with Gasteiger partial charge < -0.3 is 4.74 Å². The zero-order valence-electron chi connectivity index (χ0n) is 17.5. The van der Waals surface area contributed by atoms with Crippen LogP contribution in [0.15, 0.2) is 41.3 Å². The van der Waals surface area contributed by atoms with E-state index in [0.717, 1.165) is 36.0 Å². The van der Waals surface area contributed by atoms with Gasteiger partial charge in [0.2, 0.25) is 0 Å². The fourth-order valence-corrected chi connectivity index (χ4v) is 5.58. The Kier molecular flexibility index (Phi) is 5.62. The fraction of sp³-hybridized carbons (Fsp3) is 0.318. The van der Waals surface area contributed by atoms with Crippen molar-refractivity contribution in [3.05, 3.63) is 58.9 Å². The van der Waals surface area contributed by atoms with Gasteiger partial charge in [0.05, 0.1) is 33.2 Å². The molecule has 0 spiro atoms. The Morgan fingerprint density at radius 3 is 2.52 bits per heavy atom. The van der Waals surface area contributed by atoms with Gasteiger partial charge in [0.25, 0.3) is 5.91 Å². The van der Waals surface area contributed by atoms with E-state index in [9.17, 15) is 27.2 Å². The first-order valence-electron chi connectivity index (χ1n) is 9.96. The van der Waals surface area contributed by atoms with Crippen molar-refractivity contribution in [1.29, 1.82) is 5.26 Å². The molecule has 1 atom stereocenters. The minimum Gasteiger partial charge on any atom is -0.459 e. The molecule has 1 unspecified atom stereocenters. The lowest BCUT2D eigenvalue weighted by molar-refractivity contribution is -0.137. The lowest BCUT2D eigenvalue weighted by Crippen LogP contribution is -2.38. The van der Waals surface area contributed by atoms with Crippen LogP contribution in [-0.4, -0.2) is 22.7 Å². The minimum absolute atomic E-state index is 0.0884. The van der Waals surface area contributed by atoms with E-state index in [1.807, 2.05) is 0 Å². The summed E-state index contributed by atoms with van der Waals surface area (Å²) in [6.45, 7) is 3.21. The molecule has 174 valence electrons. The predicted molar refractivity (Wildman–Crippen MR) is 113 cm³/mol. The topological polar surface area (TPSA) is 82.4 Å². The Balaban J connectivity index is 1.65. The maximum atomic E-state index is 14.7. The van der Waals surface area contributed by atoms with Gasteiger partial charge in [-0.05, 0) is 63.1 Å². The van der Waals surface area contributed by atoms with Crippen molar-refractivity contribution in [2.24, 2.45) is 0 Å². The van der Waals surface area contributed by atoms with Gasteiger partial charge in [0.15, 0.2) is 0 Å². The first kappa shape index (κ1) is 23.1. The Labute approximate surface area is 189 Å². The summed E-state index contributed by atoms with van der Waals surface area (Å²) >= 11 is -1.60. The molecule has 0 radical (unpaired) electrons. The fourth-order valence-electron chi connectivity index (χ4n) is 3.41.